The van der Waals surface area contributed by atoms with Crippen molar-refractivity contribution >= 4 is 11.6 Å². The third-order valence-electron chi connectivity index (χ3n) is 3.85. The minimum absolute atomic E-state index is 0.0158. The van der Waals surface area contributed by atoms with Gasteiger partial charge in [-0.3, -0.25) is 14.0 Å². The molecule has 134 valence electrons. The van der Waals surface area contributed by atoms with Gasteiger partial charge in [-0.15, -0.1) is 0 Å². The molecule has 3 rings (SSSR count). The number of carbonyl (C=O) groups excluding carboxylic acids is 1. The average molecular weight is 352 g/mol. The van der Waals surface area contributed by atoms with Crippen molar-refractivity contribution in [3.05, 3.63) is 76.3 Å². The Morgan fingerprint density at radius 2 is 1.92 bits per heavy atom. The molecule has 0 aliphatic rings. The Hall–Kier alpha value is -3.15. The molecule has 0 unspecified atom stereocenters. The van der Waals surface area contributed by atoms with Gasteiger partial charge in [-0.25, -0.2) is 4.98 Å². The molecular formula is C20H20N2O4. The van der Waals surface area contributed by atoms with Crippen LogP contribution in [0, 0.1) is 6.92 Å². The van der Waals surface area contributed by atoms with Gasteiger partial charge in [-0.2, -0.15) is 0 Å². The van der Waals surface area contributed by atoms with Gasteiger partial charge in [0.2, 0.25) is 0 Å². The van der Waals surface area contributed by atoms with Crippen LogP contribution in [0.15, 0.2) is 59.4 Å². The Morgan fingerprint density at radius 1 is 1.12 bits per heavy atom. The van der Waals surface area contributed by atoms with Crippen LogP contribution in [0.25, 0.3) is 5.65 Å². The molecule has 2 aromatic heterocycles. The molecule has 0 spiro atoms. The van der Waals surface area contributed by atoms with Gasteiger partial charge in [0, 0.05) is 18.2 Å². The number of para-hydroxylation sites is 1. The van der Waals surface area contributed by atoms with Crippen LogP contribution in [-0.4, -0.2) is 22.0 Å². The molecule has 26 heavy (non-hydrogen) atoms. The summed E-state index contributed by atoms with van der Waals surface area (Å²) in [4.78, 5) is 28.4. The van der Waals surface area contributed by atoms with E-state index in [1.54, 1.807) is 6.07 Å². The third-order valence-corrected chi connectivity index (χ3v) is 3.85. The van der Waals surface area contributed by atoms with E-state index in [2.05, 4.69) is 4.98 Å². The number of hydrogen-bond acceptors (Lipinski definition) is 5. The van der Waals surface area contributed by atoms with Gasteiger partial charge in [-0.1, -0.05) is 24.3 Å². The lowest BCUT2D eigenvalue weighted by Crippen LogP contribution is -2.18. The van der Waals surface area contributed by atoms with E-state index in [1.807, 2.05) is 49.4 Å². The van der Waals surface area contributed by atoms with E-state index < -0.39 is 0 Å². The van der Waals surface area contributed by atoms with Gasteiger partial charge in [0.1, 0.15) is 18.0 Å². The minimum Gasteiger partial charge on any atom is -0.494 e. The summed E-state index contributed by atoms with van der Waals surface area (Å²) in [7, 11) is 0. The summed E-state index contributed by atoms with van der Waals surface area (Å²) in [5.74, 6) is 0.435. The van der Waals surface area contributed by atoms with Crippen LogP contribution in [0.2, 0.25) is 0 Å². The highest BCUT2D eigenvalue weighted by Gasteiger charge is 2.08. The molecule has 6 nitrogen and oxygen atoms in total. The van der Waals surface area contributed by atoms with E-state index in [4.69, 9.17) is 9.47 Å². The number of hydrogen-bond donors (Lipinski definition) is 0. The highest BCUT2D eigenvalue weighted by molar-refractivity contribution is 5.69. The number of carbonyl (C=O) groups is 1. The van der Waals surface area contributed by atoms with Crippen molar-refractivity contribution in [3.8, 4) is 5.75 Å². The molecule has 0 atom stereocenters. The van der Waals surface area contributed by atoms with Gasteiger partial charge in [0.25, 0.3) is 5.56 Å². The number of fused-ring (bicyclic) bond motifs is 1. The number of nitrogens with zero attached hydrogens (tertiary/aromatic N) is 2. The van der Waals surface area contributed by atoms with Crippen LogP contribution in [0.1, 0.15) is 24.2 Å². The number of ether oxygens (including phenoxy) is 2. The first kappa shape index (κ1) is 17.7. The molecule has 0 saturated carbocycles. The maximum Gasteiger partial charge on any atom is 0.306 e. The van der Waals surface area contributed by atoms with Gasteiger partial charge in [-0.05, 0) is 37.6 Å². The first-order chi connectivity index (χ1) is 12.6. The summed E-state index contributed by atoms with van der Waals surface area (Å²) in [5, 5.41) is 0. The van der Waals surface area contributed by atoms with Crippen molar-refractivity contribution < 1.29 is 14.3 Å². The quantitative estimate of drug-likeness (QED) is 0.483. The van der Waals surface area contributed by atoms with Crippen LogP contribution in [0.3, 0.4) is 0 Å². The van der Waals surface area contributed by atoms with Crippen LogP contribution in [0.5, 0.6) is 5.75 Å². The lowest BCUT2D eigenvalue weighted by Gasteiger charge is -2.08. The Kier molecular flexibility index (Phi) is 5.63. The molecular weight excluding hydrogens is 332 g/mol. The topological polar surface area (TPSA) is 69.9 Å². The molecule has 0 bridgehead atoms. The van der Waals surface area contributed by atoms with Crippen LogP contribution < -0.4 is 10.3 Å². The summed E-state index contributed by atoms with van der Waals surface area (Å²) in [6, 6.07) is 16.2. The highest BCUT2D eigenvalue weighted by Crippen LogP contribution is 2.09. The molecule has 0 N–H and O–H groups in total. The number of aromatic nitrogens is 2. The zero-order valence-electron chi connectivity index (χ0n) is 14.6. The zero-order chi connectivity index (χ0) is 18.4. The van der Waals surface area contributed by atoms with Gasteiger partial charge in [0.15, 0.2) is 0 Å². The number of rotatable bonds is 7. The second-order valence-corrected chi connectivity index (χ2v) is 5.87. The van der Waals surface area contributed by atoms with Gasteiger partial charge in [0.05, 0.1) is 12.3 Å². The van der Waals surface area contributed by atoms with Crippen LogP contribution >= 0.6 is 0 Å². The van der Waals surface area contributed by atoms with E-state index in [0.717, 1.165) is 11.4 Å². The molecule has 0 aliphatic heterocycles. The molecule has 0 aliphatic carbocycles. The molecule has 0 radical (unpaired) electrons. The van der Waals surface area contributed by atoms with Crippen molar-refractivity contribution in [1.29, 1.82) is 0 Å². The zero-order valence-corrected chi connectivity index (χ0v) is 14.6. The summed E-state index contributed by atoms with van der Waals surface area (Å²) < 4.78 is 12.3. The van der Waals surface area contributed by atoms with Crippen molar-refractivity contribution in [2.45, 2.75) is 26.4 Å². The lowest BCUT2D eigenvalue weighted by molar-refractivity contribution is -0.145. The molecule has 0 amide bonds. The average Bonchev–Trinajstić information content (AvgIpc) is 2.64. The molecule has 0 saturated heterocycles. The largest absolute Gasteiger partial charge is 0.494 e. The van der Waals surface area contributed by atoms with E-state index in [1.165, 1.54) is 10.5 Å². The smallest absolute Gasteiger partial charge is 0.306 e. The second-order valence-electron chi connectivity index (χ2n) is 5.87. The van der Waals surface area contributed by atoms with Crippen molar-refractivity contribution in [1.82, 2.24) is 9.38 Å². The van der Waals surface area contributed by atoms with E-state index in [-0.39, 0.29) is 24.6 Å². The standard InChI is InChI=1S/C20H20N2O4/c1-15-7-5-10-18-21-16(13-19(23)22(15)18)14-26-20(24)11-6-12-25-17-8-3-2-4-9-17/h2-5,7-10,13H,6,11-12,14H2,1H3. The fourth-order valence-electron chi connectivity index (χ4n) is 2.59. The van der Waals surface area contributed by atoms with Gasteiger partial charge >= 0.3 is 5.97 Å². The van der Waals surface area contributed by atoms with Crippen LogP contribution in [0.4, 0.5) is 0 Å². The summed E-state index contributed by atoms with van der Waals surface area (Å²) in [6.45, 7) is 2.26. The summed E-state index contributed by atoms with van der Waals surface area (Å²) in [6.07, 6.45) is 0.805. The van der Waals surface area contributed by atoms with Gasteiger partial charge < -0.3 is 9.47 Å². The number of benzene rings is 1. The van der Waals surface area contributed by atoms with Crippen molar-refractivity contribution in [3.63, 3.8) is 0 Å². The Labute approximate surface area is 151 Å². The maximum absolute atomic E-state index is 12.2. The molecule has 1 aromatic carbocycles. The minimum atomic E-state index is -0.340. The Balaban J connectivity index is 1.48. The monoisotopic (exact) mass is 352 g/mol. The SMILES string of the molecule is Cc1cccc2nc(COC(=O)CCCOc3ccccc3)cc(=O)n12. The molecule has 3 aromatic rings. The predicted octanol–water partition coefficient (Wildman–Crippen LogP) is 2.91. The Morgan fingerprint density at radius 3 is 2.73 bits per heavy atom. The summed E-state index contributed by atoms with van der Waals surface area (Å²) in [5.41, 5.74) is 1.60. The Bertz CT molecular complexity index is 951. The fraction of sp³-hybridized carbons (Fsp3) is 0.250. The first-order valence-corrected chi connectivity index (χ1v) is 8.45. The van der Waals surface area contributed by atoms with Crippen LogP contribution in [-0.2, 0) is 16.1 Å². The van der Waals surface area contributed by atoms with E-state index >= 15 is 0 Å². The van der Waals surface area contributed by atoms with Crippen molar-refractivity contribution in [2.24, 2.45) is 0 Å². The van der Waals surface area contributed by atoms with Crippen molar-refractivity contribution in [2.75, 3.05) is 6.61 Å². The lowest BCUT2D eigenvalue weighted by atomic mass is 10.3. The molecule has 2 heterocycles. The highest BCUT2D eigenvalue weighted by atomic mass is 16.5. The number of pyridine rings is 1. The fourth-order valence-corrected chi connectivity index (χ4v) is 2.59. The first-order valence-electron chi connectivity index (χ1n) is 8.45. The summed E-state index contributed by atoms with van der Waals surface area (Å²) >= 11 is 0. The number of esters is 1. The second kappa shape index (κ2) is 8.29. The van der Waals surface area contributed by atoms with E-state index in [0.29, 0.717) is 24.4 Å². The molecule has 0 fully saturated rings. The maximum atomic E-state index is 12.2. The molecule has 6 heteroatoms. The van der Waals surface area contributed by atoms with E-state index in [9.17, 15) is 9.59 Å². The predicted molar refractivity (Wildman–Crippen MR) is 97.2 cm³/mol. The third kappa shape index (κ3) is 4.47. The number of aryl methyl sites for hydroxylation is 1. The normalized spacial score (nSPS) is 10.7.